The van der Waals surface area contributed by atoms with Gasteiger partial charge in [0, 0.05) is 12.3 Å². The van der Waals surface area contributed by atoms with Gasteiger partial charge < -0.3 is 5.32 Å². The van der Waals surface area contributed by atoms with Crippen molar-refractivity contribution in [1.82, 2.24) is 10.2 Å². The Labute approximate surface area is 120 Å². The largest absolute Gasteiger partial charge is 0.356 e. The Kier molecular flexibility index (Phi) is 5.19. The highest BCUT2D eigenvalue weighted by molar-refractivity contribution is 8.01. The Morgan fingerprint density at radius 1 is 1.37 bits per heavy atom. The summed E-state index contributed by atoms with van der Waals surface area (Å²) in [5, 5.41) is 21.0. The Bertz CT molecular complexity index is 547. The number of rotatable bonds is 6. The molecule has 0 radical (unpaired) electrons. The number of nitriles is 1. The molecule has 19 heavy (non-hydrogen) atoms. The summed E-state index contributed by atoms with van der Waals surface area (Å²) in [4.78, 5) is 0. The van der Waals surface area contributed by atoms with Gasteiger partial charge in [0.05, 0.1) is 12.0 Å². The van der Waals surface area contributed by atoms with Gasteiger partial charge in [-0.2, -0.15) is 5.26 Å². The molecule has 2 rings (SSSR count). The highest BCUT2D eigenvalue weighted by atomic mass is 32.2. The average Bonchev–Trinajstić information content (AvgIpc) is 2.91. The molecule has 2 aromatic rings. The lowest BCUT2D eigenvalue weighted by atomic mass is 10.2. The molecular weight excluding hydrogens is 276 g/mol. The minimum Gasteiger partial charge on any atom is -0.356 e. The van der Waals surface area contributed by atoms with E-state index in [1.54, 1.807) is 11.8 Å². The van der Waals surface area contributed by atoms with Gasteiger partial charge in [-0.25, -0.2) is 0 Å². The molecule has 1 aromatic heterocycles. The van der Waals surface area contributed by atoms with Crippen LogP contribution in [-0.4, -0.2) is 16.0 Å². The van der Waals surface area contributed by atoms with E-state index in [9.17, 15) is 0 Å². The highest BCUT2D eigenvalue weighted by Crippen LogP contribution is 2.27. The van der Waals surface area contributed by atoms with Crippen molar-refractivity contribution in [2.75, 3.05) is 11.1 Å². The molecule has 4 nitrogen and oxygen atoms in total. The first kappa shape index (κ1) is 13.8. The quantitative estimate of drug-likeness (QED) is 0.826. The third-order valence-electron chi connectivity index (χ3n) is 2.37. The Morgan fingerprint density at radius 3 is 2.89 bits per heavy atom. The fraction of sp³-hybridized carbons (Fsp3) is 0.308. The van der Waals surface area contributed by atoms with Gasteiger partial charge in [0.25, 0.3) is 0 Å². The van der Waals surface area contributed by atoms with Gasteiger partial charge in [0.1, 0.15) is 0 Å². The first-order valence-electron chi connectivity index (χ1n) is 5.91. The molecule has 0 amide bonds. The average molecular weight is 290 g/mol. The predicted molar refractivity (Wildman–Crippen MR) is 79.2 cm³/mol. The van der Waals surface area contributed by atoms with Crippen molar-refractivity contribution in [3.05, 3.63) is 35.9 Å². The van der Waals surface area contributed by atoms with Crippen molar-refractivity contribution in [1.29, 1.82) is 5.26 Å². The Morgan fingerprint density at radius 2 is 2.16 bits per heavy atom. The van der Waals surface area contributed by atoms with Crippen LogP contribution in [0.5, 0.6) is 0 Å². The fourth-order valence-corrected chi connectivity index (χ4v) is 3.06. The van der Waals surface area contributed by atoms with Crippen LogP contribution in [-0.2, 0) is 6.54 Å². The molecule has 0 saturated carbocycles. The normalized spacial score (nSPS) is 11.8. The number of benzene rings is 1. The molecule has 1 N–H and O–H groups in total. The number of nitrogens with one attached hydrogen (secondary N) is 1. The molecule has 1 atom stereocenters. The molecule has 6 heteroatoms. The van der Waals surface area contributed by atoms with E-state index in [1.165, 1.54) is 16.9 Å². The number of hydrogen-bond acceptors (Lipinski definition) is 6. The topological polar surface area (TPSA) is 61.6 Å². The van der Waals surface area contributed by atoms with Crippen molar-refractivity contribution in [2.24, 2.45) is 5.92 Å². The molecule has 0 spiro atoms. The molecule has 98 valence electrons. The van der Waals surface area contributed by atoms with Crippen molar-refractivity contribution < 1.29 is 0 Å². The number of nitrogens with zero attached hydrogens (tertiary/aromatic N) is 3. The lowest BCUT2D eigenvalue weighted by Gasteiger charge is -2.01. The van der Waals surface area contributed by atoms with Gasteiger partial charge in [-0.05, 0) is 12.5 Å². The zero-order valence-corrected chi connectivity index (χ0v) is 12.2. The molecule has 0 unspecified atom stereocenters. The molecule has 1 aromatic carbocycles. The Hall–Kier alpha value is -1.58. The van der Waals surface area contributed by atoms with Gasteiger partial charge in [0.2, 0.25) is 5.13 Å². The number of hydrogen-bond donors (Lipinski definition) is 1. The second-order valence-corrected chi connectivity index (χ2v) is 6.30. The lowest BCUT2D eigenvalue weighted by molar-refractivity contribution is 0.862. The van der Waals surface area contributed by atoms with Crippen LogP contribution in [0.15, 0.2) is 34.7 Å². The molecule has 0 aliphatic rings. The fourth-order valence-electron chi connectivity index (χ4n) is 1.35. The standard InChI is InChI=1S/C13H14N4S2/c1-10(7-14)9-18-13-17-16-12(19-13)15-8-11-5-3-2-4-6-11/h2-6,10H,8-9H2,1H3,(H,15,16)/t10-/m0/s1. The van der Waals surface area contributed by atoms with Crippen LogP contribution in [0.2, 0.25) is 0 Å². The van der Waals surface area contributed by atoms with Crippen molar-refractivity contribution in [2.45, 2.75) is 17.8 Å². The summed E-state index contributed by atoms with van der Waals surface area (Å²) in [6.45, 7) is 2.65. The summed E-state index contributed by atoms with van der Waals surface area (Å²) in [6, 6.07) is 12.4. The van der Waals surface area contributed by atoms with E-state index in [0.717, 1.165) is 21.8 Å². The van der Waals surface area contributed by atoms with E-state index in [1.807, 2.05) is 25.1 Å². The van der Waals surface area contributed by atoms with Gasteiger partial charge >= 0.3 is 0 Å². The van der Waals surface area contributed by atoms with Crippen molar-refractivity contribution >= 4 is 28.2 Å². The minimum absolute atomic E-state index is 0.0367. The smallest absolute Gasteiger partial charge is 0.206 e. The minimum atomic E-state index is 0.0367. The summed E-state index contributed by atoms with van der Waals surface area (Å²) in [6.07, 6.45) is 0. The summed E-state index contributed by atoms with van der Waals surface area (Å²) < 4.78 is 0.901. The van der Waals surface area contributed by atoms with E-state index in [0.29, 0.717) is 0 Å². The molecule has 0 aliphatic carbocycles. The number of anilines is 1. The van der Waals surface area contributed by atoms with Crippen LogP contribution < -0.4 is 5.32 Å². The first-order valence-corrected chi connectivity index (χ1v) is 7.72. The van der Waals surface area contributed by atoms with Crippen LogP contribution in [0.3, 0.4) is 0 Å². The Balaban J connectivity index is 1.83. The van der Waals surface area contributed by atoms with Gasteiger partial charge in [-0.1, -0.05) is 53.4 Å². The number of thioether (sulfide) groups is 1. The SMILES string of the molecule is C[C@@H](C#N)CSc1nnc(NCc2ccccc2)s1. The third-order valence-corrected chi connectivity index (χ3v) is 4.64. The molecule has 0 aliphatic heterocycles. The maximum absolute atomic E-state index is 8.72. The van der Waals surface area contributed by atoms with E-state index in [-0.39, 0.29) is 5.92 Å². The van der Waals surface area contributed by atoms with Gasteiger partial charge in [0.15, 0.2) is 4.34 Å². The molecular formula is C13H14N4S2. The maximum atomic E-state index is 8.72. The second kappa shape index (κ2) is 7.12. The maximum Gasteiger partial charge on any atom is 0.206 e. The van der Waals surface area contributed by atoms with E-state index >= 15 is 0 Å². The van der Waals surface area contributed by atoms with Crippen LogP contribution in [0, 0.1) is 17.2 Å². The van der Waals surface area contributed by atoms with Crippen molar-refractivity contribution in [3.63, 3.8) is 0 Å². The van der Waals surface area contributed by atoms with Crippen molar-refractivity contribution in [3.8, 4) is 6.07 Å². The zero-order valence-electron chi connectivity index (χ0n) is 10.5. The van der Waals surface area contributed by atoms with Crippen LogP contribution >= 0.6 is 23.1 Å². The zero-order chi connectivity index (χ0) is 13.5. The second-order valence-electron chi connectivity index (χ2n) is 4.05. The molecule has 0 saturated heterocycles. The van der Waals surface area contributed by atoms with Crippen LogP contribution in [0.4, 0.5) is 5.13 Å². The van der Waals surface area contributed by atoms with E-state index in [2.05, 4.69) is 33.7 Å². The lowest BCUT2D eigenvalue weighted by Crippen LogP contribution is -1.98. The van der Waals surface area contributed by atoms with Crippen LogP contribution in [0.25, 0.3) is 0 Å². The summed E-state index contributed by atoms with van der Waals surface area (Å²) in [5.41, 5.74) is 1.21. The summed E-state index contributed by atoms with van der Waals surface area (Å²) in [5.74, 6) is 0.790. The van der Waals surface area contributed by atoms with Gasteiger partial charge in [-0.3, -0.25) is 0 Å². The van der Waals surface area contributed by atoms with E-state index < -0.39 is 0 Å². The van der Waals surface area contributed by atoms with Gasteiger partial charge in [-0.15, -0.1) is 10.2 Å². The first-order chi connectivity index (χ1) is 9.28. The molecule has 0 fully saturated rings. The summed E-state index contributed by atoms with van der Waals surface area (Å²) >= 11 is 3.10. The molecule has 1 heterocycles. The summed E-state index contributed by atoms with van der Waals surface area (Å²) in [7, 11) is 0. The monoisotopic (exact) mass is 290 g/mol. The predicted octanol–water partition coefficient (Wildman–Crippen LogP) is 3.40. The highest BCUT2D eigenvalue weighted by Gasteiger charge is 2.07. The third kappa shape index (κ3) is 4.54. The molecule has 0 bridgehead atoms. The van der Waals surface area contributed by atoms with Crippen LogP contribution in [0.1, 0.15) is 12.5 Å². The number of aromatic nitrogens is 2. The van der Waals surface area contributed by atoms with E-state index in [4.69, 9.17) is 5.26 Å².